The third-order valence-corrected chi connectivity index (χ3v) is 3.10. The van der Waals surface area contributed by atoms with Crippen LogP contribution in [0.3, 0.4) is 0 Å². The SMILES string of the molecule is O=C1C=CC2=NC(CCNC(=O)c3ccncc3)OC2=C1. The molecule has 1 aromatic rings. The molecular formula is C15H13N3O3. The van der Waals surface area contributed by atoms with Gasteiger partial charge in [-0.15, -0.1) is 0 Å². The summed E-state index contributed by atoms with van der Waals surface area (Å²) in [6.07, 6.45) is 7.85. The Bertz CT molecular complexity index is 662. The van der Waals surface area contributed by atoms with E-state index in [4.69, 9.17) is 4.74 Å². The molecule has 21 heavy (non-hydrogen) atoms. The number of hydrogen-bond acceptors (Lipinski definition) is 5. The van der Waals surface area contributed by atoms with Crippen LogP contribution in [0.25, 0.3) is 0 Å². The van der Waals surface area contributed by atoms with Crippen molar-refractivity contribution in [1.29, 1.82) is 0 Å². The van der Waals surface area contributed by atoms with Crippen LogP contribution in [-0.2, 0) is 9.53 Å². The molecule has 0 aromatic carbocycles. The predicted octanol–water partition coefficient (Wildman–Crippen LogP) is 1.02. The van der Waals surface area contributed by atoms with Gasteiger partial charge in [0.1, 0.15) is 5.71 Å². The zero-order chi connectivity index (χ0) is 14.7. The van der Waals surface area contributed by atoms with Gasteiger partial charge in [-0.2, -0.15) is 0 Å². The number of hydrogen-bond donors (Lipinski definition) is 1. The van der Waals surface area contributed by atoms with Crippen LogP contribution in [0.5, 0.6) is 0 Å². The highest BCUT2D eigenvalue weighted by molar-refractivity contribution is 6.19. The topological polar surface area (TPSA) is 80.7 Å². The molecule has 0 fully saturated rings. The van der Waals surface area contributed by atoms with Gasteiger partial charge in [0.15, 0.2) is 17.8 Å². The molecule has 6 heteroatoms. The number of rotatable bonds is 4. The number of fused-ring (bicyclic) bond motifs is 1. The van der Waals surface area contributed by atoms with Gasteiger partial charge < -0.3 is 10.1 Å². The summed E-state index contributed by atoms with van der Waals surface area (Å²) >= 11 is 0. The Morgan fingerprint density at radius 1 is 1.29 bits per heavy atom. The van der Waals surface area contributed by atoms with E-state index in [0.29, 0.717) is 30.0 Å². The molecule has 1 N–H and O–H groups in total. The van der Waals surface area contributed by atoms with Crippen molar-refractivity contribution in [2.24, 2.45) is 4.99 Å². The number of nitrogens with one attached hydrogen (secondary N) is 1. The van der Waals surface area contributed by atoms with Crippen LogP contribution in [0.1, 0.15) is 16.8 Å². The minimum atomic E-state index is -0.362. The lowest BCUT2D eigenvalue weighted by atomic mass is 10.1. The number of ketones is 1. The summed E-state index contributed by atoms with van der Waals surface area (Å²) in [6.45, 7) is 0.438. The molecule has 6 nitrogen and oxygen atoms in total. The van der Waals surface area contributed by atoms with Crippen LogP contribution >= 0.6 is 0 Å². The highest BCUT2D eigenvalue weighted by atomic mass is 16.5. The molecule has 2 aliphatic rings. The molecule has 0 saturated heterocycles. The average molecular weight is 283 g/mol. The molecule has 1 atom stereocenters. The summed E-state index contributed by atoms with van der Waals surface area (Å²) in [7, 11) is 0. The number of pyridine rings is 1. The maximum absolute atomic E-state index is 11.8. The Morgan fingerprint density at radius 3 is 2.90 bits per heavy atom. The summed E-state index contributed by atoms with van der Waals surface area (Å²) in [6, 6.07) is 3.30. The number of carbonyl (C=O) groups is 2. The van der Waals surface area contributed by atoms with Crippen LogP contribution < -0.4 is 5.32 Å². The maximum atomic E-state index is 11.8. The number of nitrogens with zero attached hydrogens (tertiary/aromatic N) is 2. The number of ether oxygens (including phenoxy) is 1. The maximum Gasteiger partial charge on any atom is 0.251 e. The fourth-order valence-corrected chi connectivity index (χ4v) is 2.06. The summed E-state index contributed by atoms with van der Waals surface area (Å²) in [5.74, 6) is 0.248. The molecule has 1 unspecified atom stereocenters. The van der Waals surface area contributed by atoms with Gasteiger partial charge in [-0.25, -0.2) is 4.99 Å². The normalized spacial score (nSPS) is 19.4. The van der Waals surface area contributed by atoms with E-state index in [-0.39, 0.29) is 17.9 Å². The Balaban J connectivity index is 1.50. The second-order valence-electron chi connectivity index (χ2n) is 4.61. The fraction of sp³-hybridized carbons (Fsp3) is 0.200. The van der Waals surface area contributed by atoms with Crippen LogP contribution in [0.2, 0.25) is 0 Å². The number of allylic oxidation sites excluding steroid dienone is 3. The number of amides is 1. The van der Waals surface area contributed by atoms with Crippen molar-refractivity contribution in [1.82, 2.24) is 10.3 Å². The Labute approximate surface area is 121 Å². The smallest absolute Gasteiger partial charge is 0.251 e. The van der Waals surface area contributed by atoms with Gasteiger partial charge in [0.2, 0.25) is 0 Å². The molecule has 3 rings (SSSR count). The van der Waals surface area contributed by atoms with Crippen molar-refractivity contribution < 1.29 is 14.3 Å². The van der Waals surface area contributed by atoms with Crippen LogP contribution in [0.4, 0.5) is 0 Å². The van der Waals surface area contributed by atoms with Crippen LogP contribution in [0.15, 0.2) is 53.5 Å². The lowest BCUT2D eigenvalue weighted by Crippen LogP contribution is -2.26. The first-order chi connectivity index (χ1) is 10.2. The van der Waals surface area contributed by atoms with Crippen molar-refractivity contribution in [3.63, 3.8) is 0 Å². The van der Waals surface area contributed by atoms with E-state index in [0.717, 1.165) is 0 Å². The molecule has 0 spiro atoms. The number of aliphatic imine (C=N–C) groups is 1. The van der Waals surface area contributed by atoms with Crippen molar-refractivity contribution >= 4 is 17.4 Å². The average Bonchev–Trinajstić information content (AvgIpc) is 2.89. The van der Waals surface area contributed by atoms with Gasteiger partial charge in [0, 0.05) is 37.0 Å². The van der Waals surface area contributed by atoms with E-state index in [1.807, 2.05) is 0 Å². The second-order valence-corrected chi connectivity index (χ2v) is 4.61. The predicted molar refractivity (Wildman–Crippen MR) is 75.7 cm³/mol. The molecule has 106 valence electrons. The number of aromatic nitrogens is 1. The van der Waals surface area contributed by atoms with E-state index in [2.05, 4.69) is 15.3 Å². The van der Waals surface area contributed by atoms with E-state index in [1.54, 1.807) is 30.6 Å². The Hall–Kier alpha value is -2.76. The molecule has 1 aromatic heterocycles. The van der Waals surface area contributed by atoms with Crippen LogP contribution in [0, 0.1) is 0 Å². The lowest BCUT2D eigenvalue weighted by molar-refractivity contribution is -0.110. The van der Waals surface area contributed by atoms with E-state index >= 15 is 0 Å². The van der Waals surface area contributed by atoms with Gasteiger partial charge in [-0.1, -0.05) is 0 Å². The zero-order valence-corrected chi connectivity index (χ0v) is 11.2. The first kappa shape index (κ1) is 13.2. The minimum Gasteiger partial charge on any atom is -0.466 e. The summed E-state index contributed by atoms with van der Waals surface area (Å²) in [5.41, 5.74) is 1.24. The Morgan fingerprint density at radius 2 is 2.10 bits per heavy atom. The second kappa shape index (κ2) is 5.70. The third kappa shape index (κ3) is 3.05. The molecule has 0 bridgehead atoms. The first-order valence-electron chi connectivity index (χ1n) is 6.59. The number of carbonyl (C=O) groups excluding carboxylic acids is 2. The molecule has 1 aliphatic carbocycles. The lowest BCUT2D eigenvalue weighted by Gasteiger charge is -2.10. The minimum absolute atomic E-state index is 0.101. The van der Waals surface area contributed by atoms with E-state index < -0.39 is 0 Å². The largest absolute Gasteiger partial charge is 0.466 e. The summed E-state index contributed by atoms with van der Waals surface area (Å²) in [5, 5.41) is 2.80. The van der Waals surface area contributed by atoms with Gasteiger partial charge in [-0.3, -0.25) is 14.6 Å². The third-order valence-electron chi connectivity index (χ3n) is 3.10. The summed E-state index contributed by atoms with van der Waals surface area (Å²) < 4.78 is 5.55. The van der Waals surface area contributed by atoms with Gasteiger partial charge in [0.25, 0.3) is 5.91 Å². The molecule has 0 saturated carbocycles. The van der Waals surface area contributed by atoms with Crippen molar-refractivity contribution in [2.45, 2.75) is 12.6 Å². The molecule has 2 heterocycles. The van der Waals surface area contributed by atoms with Gasteiger partial charge in [0.05, 0.1) is 0 Å². The van der Waals surface area contributed by atoms with Gasteiger partial charge in [-0.05, 0) is 24.3 Å². The Kier molecular flexibility index (Phi) is 3.59. The van der Waals surface area contributed by atoms with Crippen LogP contribution in [-0.4, -0.2) is 35.2 Å². The quantitative estimate of drug-likeness (QED) is 0.837. The molecule has 0 radical (unpaired) electrons. The van der Waals surface area contributed by atoms with Crippen molar-refractivity contribution in [3.8, 4) is 0 Å². The highest BCUT2D eigenvalue weighted by Gasteiger charge is 2.24. The summed E-state index contributed by atoms with van der Waals surface area (Å²) in [4.78, 5) is 31.2. The molecular weight excluding hydrogens is 270 g/mol. The monoisotopic (exact) mass is 283 g/mol. The van der Waals surface area contributed by atoms with Gasteiger partial charge >= 0.3 is 0 Å². The molecule has 1 amide bonds. The van der Waals surface area contributed by atoms with E-state index in [1.165, 1.54) is 12.2 Å². The highest BCUT2D eigenvalue weighted by Crippen LogP contribution is 2.21. The van der Waals surface area contributed by atoms with Crippen molar-refractivity contribution in [2.75, 3.05) is 6.54 Å². The van der Waals surface area contributed by atoms with E-state index in [9.17, 15) is 9.59 Å². The fourth-order valence-electron chi connectivity index (χ4n) is 2.06. The molecule has 1 aliphatic heterocycles. The standard InChI is InChI=1S/C15H13N3O3/c19-11-1-2-12-13(9-11)21-14(18-12)5-8-17-15(20)10-3-6-16-7-4-10/h1-4,6-7,9,14H,5,8H2,(H,17,20). The van der Waals surface area contributed by atoms with Crippen molar-refractivity contribution in [3.05, 3.63) is 54.1 Å². The first-order valence-corrected chi connectivity index (χ1v) is 6.59. The zero-order valence-electron chi connectivity index (χ0n) is 11.2.